The van der Waals surface area contributed by atoms with Crippen LogP contribution < -0.4 is 0 Å². The van der Waals surface area contributed by atoms with Crippen molar-refractivity contribution in [3.63, 3.8) is 0 Å². The monoisotopic (exact) mass is 276 g/mol. The Hall–Kier alpha value is -1.62. The molecule has 3 aromatic heterocycles. The predicted molar refractivity (Wildman–Crippen MR) is 65.1 cm³/mol. The highest BCUT2D eigenvalue weighted by Crippen LogP contribution is 2.19. The lowest BCUT2D eigenvalue weighted by Gasteiger charge is -1.98. The lowest BCUT2D eigenvalue weighted by atomic mass is 10.2. The van der Waals surface area contributed by atoms with Crippen LogP contribution in [0.4, 0.5) is 0 Å². The van der Waals surface area contributed by atoms with Gasteiger partial charge in [0, 0.05) is 25.0 Å². The van der Waals surface area contributed by atoms with Gasteiger partial charge in [0.25, 0.3) is 0 Å². The van der Waals surface area contributed by atoms with Crippen LogP contribution in [0.5, 0.6) is 0 Å². The Bertz CT molecular complexity index is 653. The number of hydrogen-bond acceptors (Lipinski definition) is 2. The van der Waals surface area contributed by atoms with Gasteiger partial charge in [-0.1, -0.05) is 0 Å². The molecule has 3 heterocycles. The fraction of sp³-hybridized carbons (Fsp3) is 0.0909. The lowest BCUT2D eigenvalue weighted by molar-refractivity contribution is 0.770. The van der Waals surface area contributed by atoms with Gasteiger partial charge in [-0.3, -0.25) is 4.68 Å². The SMILES string of the molecule is Cn1ccc(-c2ccc3cc(Br)nn3c2)n1. The summed E-state index contributed by atoms with van der Waals surface area (Å²) in [7, 11) is 1.91. The van der Waals surface area contributed by atoms with Crippen molar-refractivity contribution >= 4 is 21.4 Å². The second kappa shape index (κ2) is 3.45. The van der Waals surface area contributed by atoms with Gasteiger partial charge in [0.05, 0.1) is 11.2 Å². The Kier molecular flexibility index (Phi) is 2.07. The number of aromatic nitrogens is 4. The van der Waals surface area contributed by atoms with Crippen molar-refractivity contribution in [1.29, 1.82) is 0 Å². The Morgan fingerprint density at radius 2 is 2.06 bits per heavy atom. The topological polar surface area (TPSA) is 35.1 Å². The summed E-state index contributed by atoms with van der Waals surface area (Å²) in [6.45, 7) is 0. The normalized spacial score (nSPS) is 11.1. The molecule has 0 aliphatic rings. The van der Waals surface area contributed by atoms with E-state index >= 15 is 0 Å². The molecule has 80 valence electrons. The van der Waals surface area contributed by atoms with E-state index in [0.29, 0.717) is 0 Å². The molecule has 0 aliphatic heterocycles. The van der Waals surface area contributed by atoms with Gasteiger partial charge in [0.15, 0.2) is 0 Å². The van der Waals surface area contributed by atoms with Gasteiger partial charge < -0.3 is 0 Å². The molecule has 0 saturated heterocycles. The number of nitrogens with zero attached hydrogens (tertiary/aromatic N) is 4. The summed E-state index contributed by atoms with van der Waals surface area (Å²) in [5.41, 5.74) is 3.08. The van der Waals surface area contributed by atoms with Crippen LogP contribution in [0.25, 0.3) is 16.8 Å². The average molecular weight is 277 g/mol. The number of pyridine rings is 1. The molecule has 3 rings (SSSR count). The molecule has 0 N–H and O–H groups in total. The summed E-state index contributed by atoms with van der Waals surface area (Å²) in [6, 6.07) is 8.04. The minimum absolute atomic E-state index is 0.839. The van der Waals surface area contributed by atoms with Crippen LogP contribution in [0.2, 0.25) is 0 Å². The summed E-state index contributed by atoms with van der Waals surface area (Å²) >= 11 is 3.36. The molecule has 0 aliphatic carbocycles. The molecule has 3 aromatic rings. The van der Waals surface area contributed by atoms with Crippen molar-refractivity contribution < 1.29 is 0 Å². The smallest absolute Gasteiger partial charge is 0.129 e. The second-order valence-electron chi connectivity index (χ2n) is 3.63. The van der Waals surface area contributed by atoms with Crippen LogP contribution in [0.15, 0.2) is 41.3 Å². The van der Waals surface area contributed by atoms with Crippen LogP contribution >= 0.6 is 15.9 Å². The van der Waals surface area contributed by atoms with Crippen molar-refractivity contribution in [1.82, 2.24) is 19.4 Å². The van der Waals surface area contributed by atoms with Crippen LogP contribution in [0, 0.1) is 0 Å². The van der Waals surface area contributed by atoms with Crippen molar-refractivity contribution in [3.05, 3.63) is 41.3 Å². The van der Waals surface area contributed by atoms with Crippen molar-refractivity contribution in [2.75, 3.05) is 0 Å². The van der Waals surface area contributed by atoms with E-state index in [1.54, 1.807) is 4.68 Å². The van der Waals surface area contributed by atoms with Gasteiger partial charge >= 0.3 is 0 Å². The Balaban J connectivity index is 2.17. The Labute approximate surface area is 101 Å². The molecule has 4 nitrogen and oxygen atoms in total. The molecular formula is C11H9BrN4. The van der Waals surface area contributed by atoms with E-state index in [1.807, 2.05) is 48.2 Å². The molecule has 0 radical (unpaired) electrons. The van der Waals surface area contributed by atoms with E-state index in [4.69, 9.17) is 0 Å². The highest BCUT2D eigenvalue weighted by atomic mass is 79.9. The zero-order valence-corrected chi connectivity index (χ0v) is 10.2. The van der Waals surface area contributed by atoms with Crippen LogP contribution in [0.3, 0.4) is 0 Å². The van der Waals surface area contributed by atoms with E-state index in [-0.39, 0.29) is 0 Å². The predicted octanol–water partition coefficient (Wildman–Crippen LogP) is 2.50. The molecule has 0 fully saturated rings. The Morgan fingerprint density at radius 3 is 2.81 bits per heavy atom. The lowest BCUT2D eigenvalue weighted by Crippen LogP contribution is -1.90. The second-order valence-corrected chi connectivity index (χ2v) is 4.44. The zero-order chi connectivity index (χ0) is 11.1. The molecule has 0 unspecified atom stereocenters. The number of fused-ring (bicyclic) bond motifs is 1. The number of rotatable bonds is 1. The van der Waals surface area contributed by atoms with E-state index in [0.717, 1.165) is 21.4 Å². The van der Waals surface area contributed by atoms with E-state index < -0.39 is 0 Å². The standard InChI is InChI=1S/C11H9BrN4/c1-15-5-4-10(13-15)8-2-3-9-6-11(12)14-16(9)7-8/h2-7H,1H3. The fourth-order valence-corrected chi connectivity index (χ4v) is 2.08. The third-order valence-electron chi connectivity index (χ3n) is 2.44. The van der Waals surface area contributed by atoms with Crippen molar-refractivity contribution in [2.45, 2.75) is 0 Å². The minimum atomic E-state index is 0.839. The molecule has 16 heavy (non-hydrogen) atoms. The van der Waals surface area contributed by atoms with Crippen molar-refractivity contribution in [2.24, 2.45) is 7.05 Å². The molecule has 0 aromatic carbocycles. The van der Waals surface area contributed by atoms with Crippen molar-refractivity contribution in [3.8, 4) is 11.3 Å². The quantitative estimate of drug-likeness (QED) is 0.685. The minimum Gasteiger partial charge on any atom is -0.275 e. The number of halogens is 1. The zero-order valence-electron chi connectivity index (χ0n) is 8.63. The van der Waals surface area contributed by atoms with Gasteiger partial charge in [0.2, 0.25) is 0 Å². The molecule has 0 spiro atoms. The summed E-state index contributed by atoms with van der Waals surface area (Å²) in [5.74, 6) is 0. The van der Waals surface area contributed by atoms with Gasteiger partial charge in [-0.25, -0.2) is 4.52 Å². The van der Waals surface area contributed by atoms with E-state index in [9.17, 15) is 0 Å². The maximum Gasteiger partial charge on any atom is 0.129 e. The van der Waals surface area contributed by atoms with Gasteiger partial charge in [-0.15, -0.1) is 0 Å². The van der Waals surface area contributed by atoms with Crippen LogP contribution in [-0.4, -0.2) is 19.4 Å². The first-order valence-corrected chi connectivity index (χ1v) is 5.67. The summed E-state index contributed by atoms with van der Waals surface area (Å²) in [6.07, 6.45) is 3.90. The summed E-state index contributed by atoms with van der Waals surface area (Å²) in [4.78, 5) is 0. The highest BCUT2D eigenvalue weighted by Gasteiger charge is 2.04. The number of hydrogen-bond donors (Lipinski definition) is 0. The molecule has 0 atom stereocenters. The third kappa shape index (κ3) is 1.53. The maximum absolute atomic E-state index is 4.36. The van der Waals surface area contributed by atoms with Gasteiger partial charge in [0.1, 0.15) is 4.60 Å². The third-order valence-corrected chi connectivity index (χ3v) is 2.83. The Morgan fingerprint density at radius 1 is 1.19 bits per heavy atom. The number of aryl methyl sites for hydroxylation is 1. The maximum atomic E-state index is 4.36. The highest BCUT2D eigenvalue weighted by molar-refractivity contribution is 9.10. The summed E-state index contributed by atoms with van der Waals surface area (Å²) in [5, 5.41) is 8.66. The van der Waals surface area contributed by atoms with Crippen LogP contribution in [-0.2, 0) is 7.05 Å². The van der Waals surface area contributed by atoms with Gasteiger partial charge in [-0.2, -0.15) is 10.2 Å². The molecular weight excluding hydrogens is 268 g/mol. The molecule has 0 amide bonds. The fourth-order valence-electron chi connectivity index (χ4n) is 1.68. The molecule has 5 heteroatoms. The van der Waals surface area contributed by atoms with E-state index in [1.165, 1.54) is 0 Å². The first kappa shape index (κ1) is 9.59. The largest absolute Gasteiger partial charge is 0.275 e. The first-order chi connectivity index (χ1) is 7.72. The average Bonchev–Trinajstić information content (AvgIpc) is 2.81. The van der Waals surface area contributed by atoms with Crippen LogP contribution in [0.1, 0.15) is 0 Å². The first-order valence-electron chi connectivity index (χ1n) is 4.87. The molecule has 0 bridgehead atoms. The van der Waals surface area contributed by atoms with Gasteiger partial charge in [-0.05, 0) is 40.2 Å². The molecule has 0 saturated carbocycles. The summed E-state index contributed by atoms with van der Waals surface area (Å²) < 4.78 is 4.47. The van der Waals surface area contributed by atoms with E-state index in [2.05, 4.69) is 26.1 Å².